The van der Waals surface area contributed by atoms with Crippen LogP contribution in [0, 0.1) is 6.92 Å². The smallest absolute Gasteiger partial charge is 0.243 e. The van der Waals surface area contributed by atoms with Crippen molar-refractivity contribution in [1.29, 1.82) is 0 Å². The highest BCUT2D eigenvalue weighted by atomic mass is 32.2. The molecule has 0 saturated carbocycles. The van der Waals surface area contributed by atoms with Crippen LogP contribution in [0.4, 0.5) is 0 Å². The first-order chi connectivity index (χ1) is 11.5. The van der Waals surface area contributed by atoms with E-state index in [1.165, 1.54) is 19.1 Å². The zero-order chi connectivity index (χ0) is 18.8. The van der Waals surface area contributed by atoms with E-state index < -0.39 is 28.1 Å². The zero-order valence-electron chi connectivity index (χ0n) is 15.1. The van der Waals surface area contributed by atoms with Gasteiger partial charge in [-0.05, 0) is 39.8 Å². The second kappa shape index (κ2) is 7.41. The number of aliphatic hydroxyl groups is 1. The molecule has 140 valence electrons. The van der Waals surface area contributed by atoms with Gasteiger partial charge in [0.05, 0.1) is 11.0 Å². The maximum absolute atomic E-state index is 12.8. The van der Waals surface area contributed by atoms with Gasteiger partial charge in [0.15, 0.2) is 0 Å². The molecule has 2 unspecified atom stereocenters. The van der Waals surface area contributed by atoms with Gasteiger partial charge < -0.3 is 15.3 Å². The van der Waals surface area contributed by atoms with Crippen LogP contribution in [0.3, 0.4) is 0 Å². The van der Waals surface area contributed by atoms with Crippen LogP contribution in [0.15, 0.2) is 29.2 Å². The van der Waals surface area contributed by atoms with Gasteiger partial charge >= 0.3 is 0 Å². The number of hydrogen-bond donors (Lipinski definition) is 3. The first-order valence-corrected chi connectivity index (χ1v) is 9.81. The van der Waals surface area contributed by atoms with Crippen molar-refractivity contribution in [3.63, 3.8) is 0 Å². The van der Waals surface area contributed by atoms with E-state index in [2.05, 4.69) is 10.0 Å². The Kier molecular flexibility index (Phi) is 5.88. The Hall–Kier alpha value is -1.48. The molecule has 1 saturated heterocycles. The van der Waals surface area contributed by atoms with Gasteiger partial charge in [0.1, 0.15) is 6.04 Å². The molecular formula is C17H27N3O4S. The normalized spacial score (nSPS) is 20.1. The molecule has 1 aliphatic rings. The Morgan fingerprint density at radius 1 is 1.32 bits per heavy atom. The van der Waals surface area contributed by atoms with Crippen molar-refractivity contribution in [2.75, 3.05) is 19.6 Å². The van der Waals surface area contributed by atoms with Crippen molar-refractivity contribution in [1.82, 2.24) is 14.9 Å². The van der Waals surface area contributed by atoms with E-state index in [4.69, 9.17) is 0 Å². The van der Waals surface area contributed by atoms with Crippen molar-refractivity contribution in [3.8, 4) is 0 Å². The predicted molar refractivity (Wildman–Crippen MR) is 95.6 cm³/mol. The van der Waals surface area contributed by atoms with Crippen LogP contribution in [0.2, 0.25) is 0 Å². The highest BCUT2D eigenvalue weighted by molar-refractivity contribution is 7.89. The van der Waals surface area contributed by atoms with Crippen molar-refractivity contribution in [2.24, 2.45) is 0 Å². The molecule has 1 heterocycles. The maximum atomic E-state index is 12.8. The lowest BCUT2D eigenvalue weighted by Gasteiger charge is -2.40. The van der Waals surface area contributed by atoms with Crippen molar-refractivity contribution >= 4 is 15.9 Å². The first-order valence-electron chi connectivity index (χ1n) is 8.33. The Morgan fingerprint density at radius 3 is 2.44 bits per heavy atom. The number of carbonyl (C=O) groups is 1. The van der Waals surface area contributed by atoms with E-state index in [1.54, 1.807) is 17.0 Å². The molecule has 1 aliphatic heterocycles. The minimum atomic E-state index is -3.91. The SMILES string of the molecule is Cc1ccc(S(=O)(=O)NC(C(=O)N2CCNC(C)(C)C2)C(C)O)cc1. The summed E-state index contributed by atoms with van der Waals surface area (Å²) in [7, 11) is -3.91. The van der Waals surface area contributed by atoms with Gasteiger partial charge in [-0.25, -0.2) is 8.42 Å². The molecule has 2 rings (SSSR count). The number of piperazine rings is 1. The fraction of sp³-hybridized carbons (Fsp3) is 0.588. The number of carbonyl (C=O) groups excluding carboxylic acids is 1. The van der Waals surface area contributed by atoms with Gasteiger partial charge in [-0.1, -0.05) is 17.7 Å². The van der Waals surface area contributed by atoms with Crippen LogP contribution in [-0.2, 0) is 14.8 Å². The molecule has 1 fully saturated rings. The third kappa shape index (κ3) is 5.01. The summed E-state index contributed by atoms with van der Waals surface area (Å²) in [5.41, 5.74) is 0.678. The standard InChI is InChI=1S/C17H27N3O4S/c1-12-5-7-14(8-6-12)25(23,24)19-15(13(2)21)16(22)20-10-9-18-17(3,4)11-20/h5-8,13,15,18-19,21H,9-11H2,1-4H3. The largest absolute Gasteiger partial charge is 0.391 e. The number of amides is 1. The number of rotatable bonds is 5. The topological polar surface area (TPSA) is 98.7 Å². The molecule has 0 bridgehead atoms. The van der Waals surface area contributed by atoms with Gasteiger partial charge in [0, 0.05) is 25.2 Å². The molecule has 25 heavy (non-hydrogen) atoms. The van der Waals surface area contributed by atoms with Gasteiger partial charge in [-0.15, -0.1) is 0 Å². The van der Waals surface area contributed by atoms with Crippen LogP contribution in [0.1, 0.15) is 26.3 Å². The molecule has 7 nitrogen and oxygen atoms in total. The number of aliphatic hydroxyl groups excluding tert-OH is 1. The number of nitrogens with zero attached hydrogens (tertiary/aromatic N) is 1. The van der Waals surface area contributed by atoms with Crippen LogP contribution >= 0.6 is 0 Å². The van der Waals surface area contributed by atoms with Gasteiger partial charge in [0.2, 0.25) is 15.9 Å². The average Bonchev–Trinajstić information content (AvgIpc) is 2.51. The summed E-state index contributed by atoms with van der Waals surface area (Å²) in [5.74, 6) is -0.416. The second-order valence-electron chi connectivity index (χ2n) is 7.22. The monoisotopic (exact) mass is 369 g/mol. The third-order valence-corrected chi connectivity index (χ3v) is 5.70. The third-order valence-electron chi connectivity index (χ3n) is 4.24. The molecule has 0 aliphatic carbocycles. The number of nitrogens with one attached hydrogen (secondary N) is 2. The Bertz CT molecular complexity index is 714. The molecule has 1 aromatic carbocycles. The molecule has 1 aromatic rings. The molecular weight excluding hydrogens is 342 g/mol. The summed E-state index contributed by atoms with van der Waals surface area (Å²) in [6.07, 6.45) is -1.15. The second-order valence-corrected chi connectivity index (χ2v) is 8.94. The Morgan fingerprint density at radius 2 is 1.92 bits per heavy atom. The van der Waals surface area contributed by atoms with Gasteiger partial charge in [0.25, 0.3) is 0 Å². The van der Waals surface area contributed by atoms with E-state index >= 15 is 0 Å². The average molecular weight is 369 g/mol. The Balaban J connectivity index is 2.20. The number of aryl methyl sites for hydroxylation is 1. The van der Waals surface area contributed by atoms with E-state index in [0.717, 1.165) is 5.56 Å². The first kappa shape index (κ1) is 19.8. The Labute approximate surface area is 149 Å². The van der Waals surface area contributed by atoms with Crippen LogP contribution in [0.25, 0.3) is 0 Å². The predicted octanol–water partition coefficient (Wildman–Crippen LogP) is 0.233. The van der Waals surface area contributed by atoms with Crippen molar-refractivity contribution in [3.05, 3.63) is 29.8 Å². The lowest BCUT2D eigenvalue weighted by Crippen LogP contribution is -2.62. The minimum Gasteiger partial charge on any atom is -0.391 e. The molecule has 0 aromatic heterocycles. The molecule has 8 heteroatoms. The summed E-state index contributed by atoms with van der Waals surface area (Å²) in [6.45, 7) is 8.75. The molecule has 2 atom stereocenters. The van der Waals surface area contributed by atoms with Crippen LogP contribution < -0.4 is 10.0 Å². The highest BCUT2D eigenvalue weighted by Crippen LogP contribution is 2.15. The lowest BCUT2D eigenvalue weighted by atomic mass is 10.0. The summed E-state index contributed by atoms with van der Waals surface area (Å²) < 4.78 is 27.5. The van der Waals surface area contributed by atoms with Gasteiger partial charge in [-0.2, -0.15) is 4.72 Å². The number of sulfonamides is 1. The molecule has 1 amide bonds. The quantitative estimate of drug-likeness (QED) is 0.690. The van der Waals surface area contributed by atoms with Crippen LogP contribution in [0.5, 0.6) is 0 Å². The van der Waals surface area contributed by atoms with E-state index in [-0.39, 0.29) is 10.4 Å². The van der Waals surface area contributed by atoms with Crippen LogP contribution in [-0.4, -0.2) is 61.7 Å². The zero-order valence-corrected chi connectivity index (χ0v) is 15.9. The minimum absolute atomic E-state index is 0.0668. The highest BCUT2D eigenvalue weighted by Gasteiger charge is 2.36. The summed E-state index contributed by atoms with van der Waals surface area (Å²) in [5, 5.41) is 13.3. The van der Waals surface area contributed by atoms with Crippen molar-refractivity contribution < 1.29 is 18.3 Å². The fourth-order valence-electron chi connectivity index (χ4n) is 2.83. The molecule has 0 spiro atoms. The summed E-state index contributed by atoms with van der Waals surface area (Å²) in [4.78, 5) is 14.5. The maximum Gasteiger partial charge on any atom is 0.243 e. The van der Waals surface area contributed by atoms with E-state index in [0.29, 0.717) is 19.6 Å². The summed E-state index contributed by atoms with van der Waals surface area (Å²) in [6, 6.07) is 5.11. The number of benzene rings is 1. The van der Waals surface area contributed by atoms with Crippen molar-refractivity contribution in [2.45, 2.75) is 50.3 Å². The molecule has 3 N–H and O–H groups in total. The van der Waals surface area contributed by atoms with Gasteiger partial charge in [-0.3, -0.25) is 4.79 Å². The summed E-state index contributed by atoms with van der Waals surface area (Å²) >= 11 is 0. The van der Waals surface area contributed by atoms with E-state index in [9.17, 15) is 18.3 Å². The number of hydrogen-bond acceptors (Lipinski definition) is 5. The fourth-order valence-corrected chi connectivity index (χ4v) is 4.10. The lowest BCUT2D eigenvalue weighted by molar-refractivity contribution is -0.137. The molecule has 0 radical (unpaired) electrons. The van der Waals surface area contributed by atoms with E-state index in [1.807, 2.05) is 20.8 Å².